The van der Waals surface area contributed by atoms with Gasteiger partial charge >= 0.3 is 0 Å². The topological polar surface area (TPSA) is 96.0 Å². The number of anilines is 1. The number of halogens is 2. The number of hydrogen-bond donors (Lipinski definition) is 1. The van der Waals surface area contributed by atoms with E-state index in [1.807, 2.05) is 62.4 Å². The van der Waals surface area contributed by atoms with Gasteiger partial charge in [-0.2, -0.15) is 0 Å². The fraction of sp³-hybridized carbons (Fsp3) is 0.257. The molecule has 4 aromatic rings. The van der Waals surface area contributed by atoms with Crippen LogP contribution in [-0.2, 0) is 32.6 Å². The van der Waals surface area contributed by atoms with Crippen LogP contribution in [0.1, 0.15) is 25.0 Å². The Morgan fingerprint density at radius 1 is 0.804 bits per heavy atom. The summed E-state index contributed by atoms with van der Waals surface area (Å²) >= 11 is 13.1. The SMILES string of the molecule is CC(C)CNC(=O)[C@@H](Cc1ccccc1)N(Cc1c(Cl)cccc1Cl)C(=O)CN(c1ccc(Oc2ccccc2)cc1)S(C)(=O)=O. The molecule has 0 radical (unpaired) electrons. The Kier molecular flexibility index (Phi) is 12.1. The Morgan fingerprint density at radius 3 is 1.93 bits per heavy atom. The molecular weight excluding hydrogens is 645 g/mol. The molecule has 4 rings (SSSR count). The summed E-state index contributed by atoms with van der Waals surface area (Å²) in [5.74, 6) is 0.307. The molecule has 1 N–H and O–H groups in total. The lowest BCUT2D eigenvalue weighted by atomic mass is 10.0. The zero-order valence-corrected chi connectivity index (χ0v) is 28.2. The highest BCUT2D eigenvalue weighted by molar-refractivity contribution is 7.92. The predicted octanol–water partition coefficient (Wildman–Crippen LogP) is 6.96. The molecule has 0 aliphatic heterocycles. The maximum Gasteiger partial charge on any atom is 0.244 e. The Morgan fingerprint density at radius 2 is 1.37 bits per heavy atom. The van der Waals surface area contributed by atoms with Gasteiger partial charge < -0.3 is 15.0 Å². The van der Waals surface area contributed by atoms with Crippen molar-refractivity contribution in [2.45, 2.75) is 32.9 Å². The van der Waals surface area contributed by atoms with Gasteiger partial charge in [0.1, 0.15) is 24.1 Å². The average Bonchev–Trinajstić information content (AvgIpc) is 3.02. The Balaban J connectivity index is 1.70. The van der Waals surface area contributed by atoms with Crippen LogP contribution in [0.2, 0.25) is 10.0 Å². The summed E-state index contributed by atoms with van der Waals surface area (Å²) in [4.78, 5) is 29.5. The van der Waals surface area contributed by atoms with Crippen LogP contribution in [0.4, 0.5) is 5.69 Å². The molecule has 11 heteroatoms. The van der Waals surface area contributed by atoms with Crippen molar-refractivity contribution in [3.05, 3.63) is 124 Å². The van der Waals surface area contributed by atoms with Crippen molar-refractivity contribution >= 4 is 50.7 Å². The standard InChI is InChI=1S/C35H37Cl2N3O5S/c1-25(2)22-38-35(42)33(21-26-11-6-4-7-12-26)39(23-30-31(36)15-10-16-32(30)37)34(41)24-40(46(3,43)44)27-17-19-29(20-18-27)45-28-13-8-5-9-14-28/h4-20,25,33H,21-24H2,1-3H3,(H,38,42)/t33-/m1/s1. The van der Waals surface area contributed by atoms with Crippen LogP contribution in [0.15, 0.2) is 103 Å². The van der Waals surface area contributed by atoms with Crippen LogP contribution in [0.5, 0.6) is 11.5 Å². The first kappa shape index (κ1) is 34.8. The molecule has 2 amide bonds. The van der Waals surface area contributed by atoms with Gasteiger partial charge in [0, 0.05) is 35.1 Å². The minimum atomic E-state index is -3.94. The van der Waals surface area contributed by atoms with Gasteiger partial charge in [-0.1, -0.05) is 91.6 Å². The summed E-state index contributed by atoms with van der Waals surface area (Å²) in [6.45, 7) is 3.65. The zero-order chi connectivity index (χ0) is 33.3. The van der Waals surface area contributed by atoms with E-state index in [0.717, 1.165) is 16.1 Å². The average molecular weight is 683 g/mol. The molecule has 0 aliphatic carbocycles. The predicted molar refractivity (Wildman–Crippen MR) is 184 cm³/mol. The number of nitrogens with zero attached hydrogens (tertiary/aromatic N) is 2. The molecule has 0 spiro atoms. The van der Waals surface area contributed by atoms with Crippen LogP contribution in [0, 0.1) is 5.92 Å². The van der Waals surface area contributed by atoms with Crippen LogP contribution < -0.4 is 14.4 Å². The van der Waals surface area contributed by atoms with E-state index in [2.05, 4.69) is 5.32 Å². The summed E-state index contributed by atoms with van der Waals surface area (Å²) in [6.07, 6.45) is 1.21. The van der Waals surface area contributed by atoms with Crippen LogP contribution in [-0.4, -0.2) is 50.5 Å². The van der Waals surface area contributed by atoms with Crippen molar-refractivity contribution in [3.8, 4) is 11.5 Å². The lowest BCUT2D eigenvalue weighted by Crippen LogP contribution is -2.53. The van der Waals surface area contributed by atoms with Crippen LogP contribution in [0.25, 0.3) is 0 Å². The second-order valence-electron chi connectivity index (χ2n) is 11.2. The van der Waals surface area contributed by atoms with Crippen LogP contribution >= 0.6 is 23.2 Å². The molecule has 0 fully saturated rings. The third-order valence-electron chi connectivity index (χ3n) is 7.13. The van der Waals surface area contributed by atoms with E-state index in [9.17, 15) is 18.0 Å². The minimum absolute atomic E-state index is 0.120. The summed E-state index contributed by atoms with van der Waals surface area (Å²) in [5, 5.41) is 3.59. The number of nitrogens with one attached hydrogen (secondary N) is 1. The highest BCUT2D eigenvalue weighted by atomic mass is 35.5. The van der Waals surface area contributed by atoms with Crippen molar-refractivity contribution in [2.24, 2.45) is 5.92 Å². The Labute approximate surface area is 280 Å². The molecule has 46 heavy (non-hydrogen) atoms. The molecule has 0 bridgehead atoms. The largest absolute Gasteiger partial charge is 0.457 e. The van der Waals surface area contributed by atoms with E-state index < -0.39 is 28.5 Å². The van der Waals surface area contributed by atoms with E-state index in [1.165, 1.54) is 4.90 Å². The van der Waals surface area contributed by atoms with E-state index in [4.69, 9.17) is 27.9 Å². The lowest BCUT2D eigenvalue weighted by Gasteiger charge is -2.34. The van der Waals surface area contributed by atoms with Gasteiger partial charge in [0.15, 0.2) is 0 Å². The molecule has 0 aromatic heterocycles. The molecule has 0 heterocycles. The van der Waals surface area contributed by atoms with Crippen molar-refractivity contribution in [1.29, 1.82) is 0 Å². The molecule has 242 valence electrons. The lowest BCUT2D eigenvalue weighted by molar-refractivity contribution is -0.140. The number of para-hydroxylation sites is 1. The van der Waals surface area contributed by atoms with E-state index in [1.54, 1.807) is 54.6 Å². The smallest absolute Gasteiger partial charge is 0.244 e. The maximum atomic E-state index is 14.3. The summed E-state index contributed by atoms with van der Waals surface area (Å²) in [5.41, 5.74) is 1.53. The van der Waals surface area contributed by atoms with Gasteiger partial charge in [-0.15, -0.1) is 0 Å². The van der Waals surface area contributed by atoms with Gasteiger partial charge in [-0.05, 0) is 60.0 Å². The van der Waals surface area contributed by atoms with Gasteiger partial charge in [-0.3, -0.25) is 13.9 Å². The van der Waals surface area contributed by atoms with Gasteiger partial charge in [-0.25, -0.2) is 8.42 Å². The number of sulfonamides is 1. The number of benzene rings is 4. The monoisotopic (exact) mass is 681 g/mol. The Hall–Kier alpha value is -4.05. The van der Waals surface area contributed by atoms with Crippen LogP contribution in [0.3, 0.4) is 0 Å². The molecule has 0 saturated heterocycles. The van der Waals surface area contributed by atoms with Gasteiger partial charge in [0.2, 0.25) is 21.8 Å². The second-order valence-corrected chi connectivity index (χ2v) is 14.0. The summed E-state index contributed by atoms with van der Waals surface area (Å²) in [7, 11) is -3.94. The summed E-state index contributed by atoms with van der Waals surface area (Å²) in [6, 6.07) is 28.9. The van der Waals surface area contributed by atoms with E-state index in [-0.39, 0.29) is 30.5 Å². The molecule has 0 unspecified atom stereocenters. The number of hydrogen-bond acceptors (Lipinski definition) is 5. The van der Waals surface area contributed by atoms with Crippen molar-refractivity contribution in [3.63, 3.8) is 0 Å². The van der Waals surface area contributed by atoms with Gasteiger partial charge in [0.25, 0.3) is 0 Å². The first-order chi connectivity index (χ1) is 21.9. The second kappa shape index (κ2) is 16.0. The number of ether oxygens (including phenoxy) is 1. The third kappa shape index (κ3) is 9.72. The molecule has 1 atom stereocenters. The quantitative estimate of drug-likeness (QED) is 0.155. The van der Waals surface area contributed by atoms with Crippen molar-refractivity contribution < 1.29 is 22.7 Å². The molecule has 0 saturated carbocycles. The van der Waals surface area contributed by atoms with Crippen molar-refractivity contribution in [1.82, 2.24) is 10.2 Å². The van der Waals surface area contributed by atoms with Gasteiger partial charge in [0.05, 0.1) is 11.9 Å². The maximum absolute atomic E-state index is 14.3. The minimum Gasteiger partial charge on any atom is -0.457 e. The van der Waals surface area contributed by atoms with Crippen molar-refractivity contribution in [2.75, 3.05) is 23.7 Å². The Bertz CT molecular complexity index is 1700. The highest BCUT2D eigenvalue weighted by Gasteiger charge is 2.34. The molecule has 4 aromatic carbocycles. The van der Waals surface area contributed by atoms with E-state index in [0.29, 0.717) is 33.7 Å². The third-order valence-corrected chi connectivity index (χ3v) is 8.98. The summed E-state index contributed by atoms with van der Waals surface area (Å²) < 4.78 is 33.1. The fourth-order valence-electron chi connectivity index (χ4n) is 4.75. The first-order valence-corrected chi connectivity index (χ1v) is 17.4. The highest BCUT2D eigenvalue weighted by Crippen LogP contribution is 2.29. The normalized spacial score (nSPS) is 12.0. The molecule has 8 nitrogen and oxygen atoms in total. The number of carbonyl (C=O) groups is 2. The number of rotatable bonds is 14. The molecular formula is C35H37Cl2N3O5S. The zero-order valence-electron chi connectivity index (χ0n) is 25.9. The number of amides is 2. The van der Waals surface area contributed by atoms with E-state index >= 15 is 0 Å². The fourth-order valence-corrected chi connectivity index (χ4v) is 6.12. The first-order valence-electron chi connectivity index (χ1n) is 14.8. The molecule has 0 aliphatic rings. The number of carbonyl (C=O) groups excluding carboxylic acids is 2.